The predicted molar refractivity (Wildman–Crippen MR) is 131 cm³/mol. The number of hydrogen-bond acceptors (Lipinski definition) is 7. The molecule has 0 aliphatic rings. The number of rotatable bonds is 7. The first-order chi connectivity index (χ1) is 15.2. The Kier molecular flexibility index (Phi) is 7.91. The Labute approximate surface area is 194 Å². The predicted octanol–water partition coefficient (Wildman–Crippen LogP) is 3.56. The molecule has 0 radical (unpaired) electrons. The largest absolute Gasteiger partial charge is 0.444 e. The van der Waals surface area contributed by atoms with E-state index >= 15 is 0 Å². The monoisotopic (exact) mass is 476 g/mol. The molecule has 0 fully saturated rings. The zero-order chi connectivity index (χ0) is 25.0. The molecule has 0 bridgehead atoms. The van der Waals surface area contributed by atoms with Crippen LogP contribution in [0.15, 0.2) is 42.0 Å². The minimum absolute atomic E-state index is 0.0245. The maximum Gasteiger partial charge on any atom is 0.412 e. The van der Waals surface area contributed by atoms with Crippen LogP contribution in [0.1, 0.15) is 51.7 Å². The second-order valence-corrected chi connectivity index (χ2v) is 10.8. The number of benzene rings is 1. The lowest BCUT2D eigenvalue weighted by molar-refractivity contribution is 0.0635. The van der Waals surface area contributed by atoms with Gasteiger partial charge in [0, 0.05) is 24.1 Å². The second kappa shape index (κ2) is 10.1. The molecule has 1 aromatic carbocycles. The Hall–Kier alpha value is -3.34. The van der Waals surface area contributed by atoms with Gasteiger partial charge in [0.1, 0.15) is 11.4 Å². The third kappa shape index (κ3) is 7.35. The first kappa shape index (κ1) is 25.9. The van der Waals surface area contributed by atoms with Gasteiger partial charge >= 0.3 is 6.09 Å². The van der Waals surface area contributed by atoms with Crippen LogP contribution in [0.5, 0.6) is 0 Å². The third-order valence-electron chi connectivity index (χ3n) is 4.38. The van der Waals surface area contributed by atoms with E-state index < -0.39 is 26.7 Å². The number of sulfone groups is 1. The lowest BCUT2D eigenvalue weighted by atomic mass is 10.1. The summed E-state index contributed by atoms with van der Waals surface area (Å²) in [7, 11) is -3.66. The van der Waals surface area contributed by atoms with Gasteiger partial charge in [-0.3, -0.25) is 5.32 Å². The summed E-state index contributed by atoms with van der Waals surface area (Å²) >= 11 is 0. The van der Waals surface area contributed by atoms with E-state index in [-0.39, 0.29) is 11.7 Å². The molecule has 2 rings (SSSR count). The summed E-state index contributed by atoms with van der Waals surface area (Å²) < 4.78 is 30.3. The SMILES string of the molecule is C=C(NCc1ccccc1NC(=O)OC(C)(C)C)n1ncc(C(C)C)c1/N=C(\N)S(C)(=O)=O. The van der Waals surface area contributed by atoms with Crippen LogP contribution in [0.4, 0.5) is 16.3 Å². The Morgan fingerprint density at radius 2 is 1.94 bits per heavy atom. The van der Waals surface area contributed by atoms with Crippen molar-refractivity contribution in [2.24, 2.45) is 10.7 Å². The molecule has 11 heteroatoms. The molecule has 0 unspecified atom stereocenters. The molecule has 1 aromatic heterocycles. The number of carbonyl (C=O) groups is 1. The summed E-state index contributed by atoms with van der Waals surface area (Å²) in [6.45, 7) is 13.5. The van der Waals surface area contributed by atoms with Crippen molar-refractivity contribution in [1.29, 1.82) is 0 Å². The molecular weight excluding hydrogens is 444 g/mol. The summed E-state index contributed by atoms with van der Waals surface area (Å²) in [5, 5.41) is 9.68. The highest BCUT2D eigenvalue weighted by Crippen LogP contribution is 2.28. The number of amides is 1. The number of aromatic nitrogens is 2. The van der Waals surface area contributed by atoms with Crippen LogP contribution in [-0.2, 0) is 21.1 Å². The van der Waals surface area contributed by atoms with Crippen LogP contribution >= 0.6 is 0 Å². The van der Waals surface area contributed by atoms with E-state index in [1.165, 1.54) is 4.68 Å². The summed E-state index contributed by atoms with van der Waals surface area (Å²) in [6, 6.07) is 7.24. The molecule has 0 saturated carbocycles. The molecule has 33 heavy (non-hydrogen) atoms. The number of hydrogen-bond donors (Lipinski definition) is 3. The maximum atomic E-state index is 12.2. The number of carbonyl (C=O) groups excluding carboxylic acids is 1. The number of nitrogens with one attached hydrogen (secondary N) is 2. The van der Waals surface area contributed by atoms with E-state index in [4.69, 9.17) is 10.5 Å². The fourth-order valence-electron chi connectivity index (χ4n) is 2.74. The summed E-state index contributed by atoms with van der Waals surface area (Å²) in [6.07, 6.45) is 2.03. The molecular formula is C22H32N6O4S. The lowest BCUT2D eigenvalue weighted by Gasteiger charge is -2.20. The van der Waals surface area contributed by atoms with Gasteiger partial charge < -0.3 is 15.8 Å². The zero-order valence-corrected chi connectivity index (χ0v) is 20.7. The van der Waals surface area contributed by atoms with E-state index in [1.54, 1.807) is 39.1 Å². The van der Waals surface area contributed by atoms with Gasteiger partial charge in [-0.1, -0.05) is 38.6 Å². The van der Waals surface area contributed by atoms with Crippen molar-refractivity contribution < 1.29 is 17.9 Å². The van der Waals surface area contributed by atoms with Crippen LogP contribution in [0, 0.1) is 0 Å². The topological polar surface area (TPSA) is 141 Å². The third-order valence-corrected chi connectivity index (χ3v) is 5.23. The minimum Gasteiger partial charge on any atom is -0.444 e. The van der Waals surface area contributed by atoms with Gasteiger partial charge in [-0.05, 0) is 38.3 Å². The van der Waals surface area contributed by atoms with Gasteiger partial charge in [-0.15, -0.1) is 0 Å². The lowest BCUT2D eigenvalue weighted by Crippen LogP contribution is -2.27. The van der Waals surface area contributed by atoms with Crippen molar-refractivity contribution in [3.8, 4) is 0 Å². The molecule has 1 heterocycles. The smallest absolute Gasteiger partial charge is 0.412 e. The number of para-hydroxylation sites is 1. The summed E-state index contributed by atoms with van der Waals surface area (Å²) in [5.74, 6) is 0.663. The maximum absolute atomic E-state index is 12.2. The van der Waals surface area contributed by atoms with Gasteiger partial charge in [0.15, 0.2) is 5.82 Å². The average molecular weight is 477 g/mol. The highest BCUT2D eigenvalue weighted by Gasteiger charge is 2.19. The molecule has 0 spiro atoms. The van der Waals surface area contributed by atoms with E-state index in [9.17, 15) is 13.2 Å². The van der Waals surface area contributed by atoms with Crippen LogP contribution in [-0.4, -0.2) is 41.3 Å². The van der Waals surface area contributed by atoms with Gasteiger partial charge in [-0.25, -0.2) is 18.2 Å². The van der Waals surface area contributed by atoms with Crippen molar-refractivity contribution >= 4 is 38.4 Å². The fraction of sp³-hybridized carbons (Fsp3) is 0.409. The van der Waals surface area contributed by atoms with Crippen LogP contribution in [0.2, 0.25) is 0 Å². The summed E-state index contributed by atoms with van der Waals surface area (Å²) in [4.78, 5) is 16.3. The van der Waals surface area contributed by atoms with Gasteiger partial charge in [-0.2, -0.15) is 9.78 Å². The first-order valence-electron chi connectivity index (χ1n) is 10.3. The van der Waals surface area contributed by atoms with E-state index in [1.807, 2.05) is 26.0 Å². The van der Waals surface area contributed by atoms with Crippen molar-refractivity contribution in [2.45, 2.75) is 52.7 Å². The molecule has 0 aliphatic carbocycles. The molecule has 4 N–H and O–H groups in total. The van der Waals surface area contributed by atoms with E-state index in [0.717, 1.165) is 17.4 Å². The number of ether oxygens (including phenoxy) is 1. The highest BCUT2D eigenvalue weighted by atomic mass is 32.2. The Bertz CT molecular complexity index is 1160. The van der Waals surface area contributed by atoms with Crippen molar-refractivity contribution in [3.05, 3.63) is 48.2 Å². The van der Waals surface area contributed by atoms with E-state index in [2.05, 4.69) is 27.3 Å². The van der Waals surface area contributed by atoms with Crippen LogP contribution in [0.25, 0.3) is 5.82 Å². The van der Waals surface area contributed by atoms with Crippen molar-refractivity contribution in [3.63, 3.8) is 0 Å². The minimum atomic E-state index is -3.66. The molecule has 0 atom stereocenters. The molecule has 0 saturated heterocycles. The summed E-state index contributed by atoms with van der Waals surface area (Å²) in [5.41, 5.74) is 7.13. The van der Waals surface area contributed by atoms with Gasteiger partial charge in [0.05, 0.1) is 6.20 Å². The average Bonchev–Trinajstić information content (AvgIpc) is 3.08. The van der Waals surface area contributed by atoms with Crippen molar-refractivity contribution in [2.75, 3.05) is 11.6 Å². The Morgan fingerprint density at radius 1 is 1.30 bits per heavy atom. The quantitative estimate of drug-likeness (QED) is 0.410. The normalized spacial score (nSPS) is 12.5. The number of aliphatic imine (C=N–C) groups is 1. The first-order valence-corrected chi connectivity index (χ1v) is 12.2. The fourth-order valence-corrected chi connectivity index (χ4v) is 2.99. The number of anilines is 1. The molecule has 1 amide bonds. The van der Waals surface area contributed by atoms with Crippen molar-refractivity contribution in [1.82, 2.24) is 15.1 Å². The van der Waals surface area contributed by atoms with Gasteiger partial charge in [0.2, 0.25) is 15.0 Å². The zero-order valence-electron chi connectivity index (χ0n) is 19.8. The second-order valence-electron chi connectivity index (χ2n) is 8.80. The molecule has 2 aromatic rings. The number of nitrogens with zero attached hydrogens (tertiary/aromatic N) is 3. The van der Waals surface area contributed by atoms with Gasteiger partial charge in [0.25, 0.3) is 0 Å². The highest BCUT2D eigenvalue weighted by molar-refractivity contribution is 8.05. The van der Waals surface area contributed by atoms with Crippen LogP contribution in [0.3, 0.4) is 0 Å². The molecule has 180 valence electrons. The van der Waals surface area contributed by atoms with Crippen LogP contribution < -0.4 is 16.4 Å². The molecule has 0 aliphatic heterocycles. The Balaban J connectivity index is 2.25. The Morgan fingerprint density at radius 3 is 2.52 bits per heavy atom. The number of amidine groups is 1. The molecule has 10 nitrogen and oxygen atoms in total. The number of nitrogens with two attached hydrogens (primary N) is 1. The standard InChI is InChI=1S/C22H32N6O4S/c1-14(2)17-13-25-28(19(17)27-20(23)33(7,30)31)15(3)24-12-16-10-8-9-11-18(16)26-21(29)32-22(4,5)6/h8-11,13-14,24H,3,12H2,1-2,4-7H3,(H2,23,27)(H,26,29). The van der Waals surface area contributed by atoms with E-state index in [0.29, 0.717) is 18.1 Å².